The van der Waals surface area contributed by atoms with Gasteiger partial charge in [-0.3, -0.25) is 9.59 Å². The molecule has 3 aromatic rings. The van der Waals surface area contributed by atoms with Gasteiger partial charge in [-0.15, -0.1) is 0 Å². The van der Waals surface area contributed by atoms with E-state index in [1.165, 1.54) is 29.9 Å². The first-order valence-electron chi connectivity index (χ1n) is 15.2. The normalized spacial score (nSPS) is 12.0. The van der Waals surface area contributed by atoms with Crippen molar-refractivity contribution in [1.82, 2.24) is 10.3 Å². The first kappa shape index (κ1) is 33.5. The SMILES string of the molecule is CNC[C@H](C)CCCCCC(=O)CC(=O)/C=C/c1cc(OC)c(O)cc1Cc1cnc(N)c(Cc2cc(C)cc(C)c2)c1. The number of phenolic OH excluding ortho intramolecular Hbond substituents is 1. The number of anilines is 1. The number of ketones is 2. The minimum absolute atomic E-state index is 0.00960. The fourth-order valence-corrected chi connectivity index (χ4v) is 5.49. The van der Waals surface area contributed by atoms with E-state index in [0.717, 1.165) is 54.5 Å². The van der Waals surface area contributed by atoms with Gasteiger partial charge >= 0.3 is 0 Å². The molecule has 0 aliphatic rings. The molecule has 0 radical (unpaired) electrons. The lowest BCUT2D eigenvalue weighted by molar-refractivity contribution is -0.124. The number of unbranched alkanes of at least 4 members (excludes halogenated alkanes) is 2. The lowest BCUT2D eigenvalue weighted by Gasteiger charge is -2.13. The smallest absolute Gasteiger partial charge is 0.163 e. The number of nitrogens with zero attached hydrogens (tertiary/aromatic N) is 1. The molecule has 0 aliphatic carbocycles. The number of aromatic hydroxyl groups is 1. The van der Waals surface area contributed by atoms with Gasteiger partial charge in [0, 0.05) is 19.0 Å². The Hall–Kier alpha value is -3.97. The number of hydrogen-bond acceptors (Lipinski definition) is 7. The van der Waals surface area contributed by atoms with Gasteiger partial charge in [0.2, 0.25) is 0 Å². The number of carbonyl (C=O) groups excluding carboxylic acids is 2. The fourth-order valence-electron chi connectivity index (χ4n) is 5.49. The van der Waals surface area contributed by atoms with Crippen molar-refractivity contribution < 1.29 is 19.4 Å². The third-order valence-corrected chi connectivity index (χ3v) is 7.59. The van der Waals surface area contributed by atoms with E-state index in [9.17, 15) is 14.7 Å². The van der Waals surface area contributed by atoms with E-state index in [2.05, 4.69) is 49.3 Å². The van der Waals surface area contributed by atoms with Crippen molar-refractivity contribution in [3.05, 3.63) is 87.6 Å². The van der Waals surface area contributed by atoms with Crippen LogP contribution in [0.3, 0.4) is 0 Å². The molecule has 230 valence electrons. The van der Waals surface area contributed by atoms with Gasteiger partial charge < -0.3 is 20.9 Å². The van der Waals surface area contributed by atoms with Gasteiger partial charge in [-0.25, -0.2) is 4.98 Å². The van der Waals surface area contributed by atoms with Crippen molar-refractivity contribution in [2.45, 2.75) is 72.1 Å². The highest BCUT2D eigenvalue weighted by atomic mass is 16.5. The molecule has 2 aromatic carbocycles. The van der Waals surface area contributed by atoms with Crippen LogP contribution in [0.5, 0.6) is 11.5 Å². The summed E-state index contributed by atoms with van der Waals surface area (Å²) in [5.74, 6) is 1.15. The number of benzene rings is 2. The summed E-state index contributed by atoms with van der Waals surface area (Å²) in [4.78, 5) is 29.5. The lowest BCUT2D eigenvalue weighted by Crippen LogP contribution is -2.15. The number of allylic oxidation sites excluding steroid dienone is 1. The summed E-state index contributed by atoms with van der Waals surface area (Å²) in [6.07, 6.45) is 10.3. The first-order chi connectivity index (χ1) is 20.6. The molecular weight excluding hydrogens is 538 g/mol. The molecule has 0 aliphatic heterocycles. The molecule has 7 nitrogen and oxygen atoms in total. The van der Waals surface area contributed by atoms with Gasteiger partial charge in [0.05, 0.1) is 13.5 Å². The van der Waals surface area contributed by atoms with Gasteiger partial charge in [-0.2, -0.15) is 0 Å². The highest BCUT2D eigenvalue weighted by Crippen LogP contribution is 2.32. The molecule has 0 amide bonds. The number of nitrogens with one attached hydrogen (secondary N) is 1. The maximum atomic E-state index is 12.7. The summed E-state index contributed by atoms with van der Waals surface area (Å²) >= 11 is 0. The summed E-state index contributed by atoms with van der Waals surface area (Å²) in [6, 6.07) is 11.8. The molecule has 0 saturated heterocycles. The third-order valence-electron chi connectivity index (χ3n) is 7.59. The molecule has 4 N–H and O–H groups in total. The number of Topliss-reactive ketones (excluding diaryl/α,β-unsaturated/α-hetero) is 1. The quantitative estimate of drug-likeness (QED) is 0.0938. The molecule has 0 unspecified atom stereocenters. The average molecular weight is 586 g/mol. The molecule has 1 aromatic heterocycles. The van der Waals surface area contributed by atoms with E-state index in [1.54, 1.807) is 24.4 Å². The summed E-state index contributed by atoms with van der Waals surface area (Å²) < 4.78 is 5.32. The van der Waals surface area contributed by atoms with E-state index >= 15 is 0 Å². The zero-order valence-corrected chi connectivity index (χ0v) is 26.3. The zero-order chi connectivity index (χ0) is 31.4. The second-order valence-electron chi connectivity index (χ2n) is 11.7. The van der Waals surface area contributed by atoms with Crippen LogP contribution >= 0.6 is 0 Å². The second kappa shape index (κ2) is 16.6. The number of methoxy groups -OCH3 is 1. The predicted octanol–water partition coefficient (Wildman–Crippen LogP) is 6.52. The van der Waals surface area contributed by atoms with Gasteiger partial charge in [0.15, 0.2) is 17.3 Å². The molecule has 0 fully saturated rings. The molecule has 0 saturated carbocycles. The number of pyridine rings is 1. The maximum Gasteiger partial charge on any atom is 0.163 e. The van der Waals surface area contributed by atoms with Crippen LogP contribution in [0.1, 0.15) is 84.4 Å². The molecule has 1 atom stereocenters. The van der Waals surface area contributed by atoms with Crippen LogP contribution in [0.4, 0.5) is 5.82 Å². The van der Waals surface area contributed by atoms with Crippen molar-refractivity contribution in [1.29, 1.82) is 0 Å². The molecule has 0 bridgehead atoms. The van der Waals surface area contributed by atoms with Crippen molar-refractivity contribution >= 4 is 23.5 Å². The number of hydrogen-bond donors (Lipinski definition) is 3. The zero-order valence-electron chi connectivity index (χ0n) is 26.3. The first-order valence-corrected chi connectivity index (χ1v) is 15.2. The van der Waals surface area contributed by atoms with Crippen molar-refractivity contribution in [3.63, 3.8) is 0 Å². The third kappa shape index (κ3) is 11.0. The Morgan fingerprint density at radius 2 is 1.72 bits per heavy atom. The Balaban J connectivity index is 1.68. The monoisotopic (exact) mass is 585 g/mol. The molecule has 1 heterocycles. The van der Waals surface area contributed by atoms with Crippen LogP contribution in [0, 0.1) is 19.8 Å². The van der Waals surface area contributed by atoms with Gasteiger partial charge in [-0.1, -0.05) is 55.2 Å². The molecular formula is C36H47N3O4. The standard InChI is InChI=1S/C36H47N3O4/c1-24(22-38-4)9-7-6-8-10-32(40)21-33(41)12-11-29-20-35(43-5)34(42)19-30(29)17-28-18-31(36(37)39-23-28)16-27-14-25(2)13-26(3)15-27/h11-15,18-20,23-24,38,42H,6-10,16-17,21-22H2,1-5H3,(H2,37,39)/b12-11+/t24-/m1/s1. The van der Waals surface area contributed by atoms with E-state index < -0.39 is 0 Å². The summed E-state index contributed by atoms with van der Waals surface area (Å²) in [6.45, 7) is 7.38. The van der Waals surface area contributed by atoms with Crippen LogP contribution in [-0.4, -0.2) is 42.4 Å². The van der Waals surface area contributed by atoms with Crippen molar-refractivity contribution in [3.8, 4) is 11.5 Å². The number of rotatable bonds is 17. The van der Waals surface area contributed by atoms with Crippen molar-refractivity contribution in [2.24, 2.45) is 5.92 Å². The highest BCUT2D eigenvalue weighted by molar-refractivity contribution is 6.06. The number of carbonyl (C=O) groups is 2. The Labute approximate surface area is 256 Å². The minimum atomic E-state index is -0.240. The molecule has 7 heteroatoms. The van der Waals surface area contributed by atoms with Crippen molar-refractivity contribution in [2.75, 3.05) is 26.4 Å². The number of ether oxygens (including phenoxy) is 1. The summed E-state index contributed by atoms with van der Waals surface area (Å²) in [7, 11) is 3.44. The number of phenols is 1. The largest absolute Gasteiger partial charge is 0.504 e. The van der Waals surface area contributed by atoms with Crippen LogP contribution in [0.2, 0.25) is 0 Å². The number of nitrogens with two attached hydrogens (primary N) is 1. The lowest BCUT2D eigenvalue weighted by atomic mass is 9.96. The van der Waals surface area contributed by atoms with E-state index in [0.29, 0.717) is 36.7 Å². The van der Waals surface area contributed by atoms with Crippen LogP contribution in [-0.2, 0) is 22.4 Å². The van der Waals surface area contributed by atoms with Gasteiger partial charge in [-0.05, 0) is 105 Å². The van der Waals surface area contributed by atoms with Crippen LogP contribution in [0.15, 0.2) is 48.7 Å². The summed E-state index contributed by atoms with van der Waals surface area (Å²) in [5, 5.41) is 13.7. The van der Waals surface area contributed by atoms with E-state index in [1.807, 2.05) is 13.1 Å². The maximum absolute atomic E-state index is 12.7. The van der Waals surface area contributed by atoms with Crippen LogP contribution in [0.25, 0.3) is 6.08 Å². The molecule has 43 heavy (non-hydrogen) atoms. The van der Waals surface area contributed by atoms with E-state index in [-0.39, 0.29) is 23.7 Å². The Morgan fingerprint density at radius 3 is 2.42 bits per heavy atom. The summed E-state index contributed by atoms with van der Waals surface area (Å²) in [5.41, 5.74) is 13.2. The van der Waals surface area contributed by atoms with Crippen LogP contribution < -0.4 is 15.8 Å². The Kier molecular flexibility index (Phi) is 13.0. The molecule has 0 spiro atoms. The van der Waals surface area contributed by atoms with E-state index in [4.69, 9.17) is 10.5 Å². The minimum Gasteiger partial charge on any atom is -0.504 e. The second-order valence-corrected chi connectivity index (χ2v) is 11.7. The number of aromatic nitrogens is 1. The topological polar surface area (TPSA) is 115 Å². The van der Waals surface area contributed by atoms with Gasteiger partial charge in [0.25, 0.3) is 0 Å². The molecule has 3 rings (SSSR count). The van der Waals surface area contributed by atoms with Gasteiger partial charge in [0.1, 0.15) is 11.6 Å². The number of nitrogen functional groups attached to an aromatic ring is 1. The number of aryl methyl sites for hydroxylation is 2. The fraction of sp³-hybridized carbons (Fsp3) is 0.417. The Bertz CT molecular complexity index is 1410. The Morgan fingerprint density at radius 1 is 1.00 bits per heavy atom. The highest BCUT2D eigenvalue weighted by Gasteiger charge is 2.13. The average Bonchev–Trinajstić information content (AvgIpc) is 2.94. The predicted molar refractivity (Wildman–Crippen MR) is 175 cm³/mol.